The van der Waals surface area contributed by atoms with Crippen LogP contribution in [0, 0.1) is 0 Å². The largest absolute Gasteiger partial charge is 0.508 e. The van der Waals surface area contributed by atoms with Crippen molar-refractivity contribution in [3.63, 3.8) is 0 Å². The van der Waals surface area contributed by atoms with Gasteiger partial charge in [0.25, 0.3) is 0 Å². The van der Waals surface area contributed by atoms with Crippen molar-refractivity contribution in [2.45, 2.75) is 175 Å². The maximum absolute atomic E-state index is 10.7. The lowest BCUT2D eigenvalue weighted by atomic mass is 10.0. The maximum atomic E-state index is 10.7. The Balaban J connectivity index is 2.53. The average Bonchev–Trinajstić information content (AvgIpc) is 2.96. The smallest absolute Gasteiger partial charge is 0.121 e. The minimum atomic E-state index is 0.310. The van der Waals surface area contributed by atoms with E-state index >= 15 is 0 Å². The molecule has 0 aliphatic rings. The summed E-state index contributed by atoms with van der Waals surface area (Å²) in [6, 6.07) is 3.81. The molecule has 1 N–H and O–H groups in total. The summed E-state index contributed by atoms with van der Waals surface area (Å²) in [5.41, 5.74) is 3.05. The number of aromatic hydroxyl groups is 1. The summed E-state index contributed by atoms with van der Waals surface area (Å²) in [5, 5.41) is 10.7. The quantitative estimate of drug-likeness (QED) is 0.0947. The molecule has 40 heavy (non-hydrogen) atoms. The summed E-state index contributed by atoms with van der Waals surface area (Å²) in [6.45, 7) is 10.6. The second kappa shape index (κ2) is 28.0. The van der Waals surface area contributed by atoms with Gasteiger partial charge in [-0.05, 0) is 36.5 Å². The third kappa shape index (κ3) is 19.9. The van der Waals surface area contributed by atoms with Gasteiger partial charge in [0.2, 0.25) is 0 Å². The fourth-order valence-electron chi connectivity index (χ4n) is 5.22. The number of phenols is 1. The molecule has 4 heteroatoms. The van der Waals surface area contributed by atoms with Gasteiger partial charge in [0.15, 0.2) is 0 Å². The molecule has 1 aromatic rings. The first kappa shape index (κ1) is 36.9. The standard InChI is InChI=1S/C36H66O4/c1-4-7-10-13-16-19-22-27-38-30-33-25-26-36(37)35(32-40-29-24-21-18-15-12-9-6-3)34(33)31-39-28-23-20-17-14-11-8-5-2/h25-26,37H,4-24,27-32H2,1-3H3. The van der Waals surface area contributed by atoms with E-state index in [-0.39, 0.29) is 0 Å². The topological polar surface area (TPSA) is 47.9 Å². The van der Waals surface area contributed by atoms with E-state index in [1.54, 1.807) is 6.07 Å². The Morgan fingerprint density at radius 1 is 0.425 bits per heavy atom. The summed E-state index contributed by atoms with van der Waals surface area (Å²) in [6.07, 6.45) is 26.9. The average molecular weight is 563 g/mol. The maximum Gasteiger partial charge on any atom is 0.121 e. The van der Waals surface area contributed by atoms with Gasteiger partial charge in [0, 0.05) is 25.4 Å². The molecule has 0 bridgehead atoms. The summed E-state index contributed by atoms with van der Waals surface area (Å²) in [5.74, 6) is 0.310. The van der Waals surface area contributed by atoms with Crippen LogP contribution >= 0.6 is 0 Å². The van der Waals surface area contributed by atoms with E-state index in [2.05, 4.69) is 20.8 Å². The van der Waals surface area contributed by atoms with Gasteiger partial charge >= 0.3 is 0 Å². The molecule has 0 fully saturated rings. The van der Waals surface area contributed by atoms with Gasteiger partial charge in [-0.25, -0.2) is 0 Å². The summed E-state index contributed by atoms with van der Waals surface area (Å²) in [4.78, 5) is 0. The minimum Gasteiger partial charge on any atom is -0.508 e. The molecule has 0 aliphatic heterocycles. The molecule has 0 aromatic heterocycles. The van der Waals surface area contributed by atoms with E-state index in [0.29, 0.717) is 25.6 Å². The van der Waals surface area contributed by atoms with Crippen LogP contribution in [0.2, 0.25) is 0 Å². The number of unbranched alkanes of at least 4 members (excludes halogenated alkanes) is 18. The lowest BCUT2D eigenvalue weighted by Crippen LogP contribution is -2.08. The zero-order chi connectivity index (χ0) is 28.9. The number of rotatable bonds is 30. The van der Waals surface area contributed by atoms with Crippen molar-refractivity contribution in [3.8, 4) is 5.75 Å². The highest BCUT2D eigenvalue weighted by molar-refractivity contribution is 5.43. The third-order valence-electron chi connectivity index (χ3n) is 7.93. The van der Waals surface area contributed by atoms with E-state index in [1.807, 2.05) is 6.07 Å². The molecule has 0 aliphatic carbocycles. The first-order chi connectivity index (χ1) is 19.7. The number of benzene rings is 1. The normalized spacial score (nSPS) is 11.5. The van der Waals surface area contributed by atoms with Crippen molar-refractivity contribution in [1.82, 2.24) is 0 Å². The summed E-state index contributed by atoms with van der Waals surface area (Å²) >= 11 is 0. The van der Waals surface area contributed by atoms with Crippen LogP contribution in [0.15, 0.2) is 12.1 Å². The molecule has 234 valence electrons. The Morgan fingerprint density at radius 3 is 1.20 bits per heavy atom. The zero-order valence-corrected chi connectivity index (χ0v) is 26.9. The predicted molar refractivity (Wildman–Crippen MR) is 171 cm³/mol. The van der Waals surface area contributed by atoms with E-state index in [1.165, 1.54) is 116 Å². The van der Waals surface area contributed by atoms with Gasteiger partial charge in [-0.15, -0.1) is 0 Å². The van der Waals surface area contributed by atoms with Crippen molar-refractivity contribution in [2.24, 2.45) is 0 Å². The number of ether oxygens (including phenoxy) is 3. The summed E-state index contributed by atoms with van der Waals surface area (Å²) in [7, 11) is 0. The Hall–Kier alpha value is -1.10. The molecular weight excluding hydrogens is 496 g/mol. The zero-order valence-electron chi connectivity index (χ0n) is 26.9. The molecule has 0 amide bonds. The van der Waals surface area contributed by atoms with Gasteiger partial charge in [0.1, 0.15) is 5.75 Å². The van der Waals surface area contributed by atoms with E-state index in [4.69, 9.17) is 14.2 Å². The van der Waals surface area contributed by atoms with Crippen LogP contribution in [-0.4, -0.2) is 24.9 Å². The fraction of sp³-hybridized carbons (Fsp3) is 0.833. The van der Waals surface area contributed by atoms with Gasteiger partial charge in [0.05, 0.1) is 19.8 Å². The van der Waals surface area contributed by atoms with E-state index in [9.17, 15) is 5.11 Å². The molecule has 0 saturated carbocycles. The monoisotopic (exact) mass is 562 g/mol. The number of hydrogen-bond acceptors (Lipinski definition) is 4. The molecule has 1 rings (SSSR count). The number of phenolic OH excluding ortho intramolecular Hbond substituents is 1. The van der Waals surface area contributed by atoms with Gasteiger partial charge in [-0.1, -0.05) is 142 Å². The van der Waals surface area contributed by atoms with Crippen LogP contribution in [0.4, 0.5) is 0 Å². The second-order valence-electron chi connectivity index (χ2n) is 11.7. The van der Waals surface area contributed by atoms with Crippen LogP contribution in [0.5, 0.6) is 5.75 Å². The lowest BCUT2D eigenvalue weighted by molar-refractivity contribution is 0.0945. The van der Waals surface area contributed by atoms with Crippen molar-refractivity contribution < 1.29 is 19.3 Å². The van der Waals surface area contributed by atoms with Crippen molar-refractivity contribution >= 4 is 0 Å². The molecule has 0 unspecified atom stereocenters. The highest BCUT2D eigenvalue weighted by Crippen LogP contribution is 2.28. The second-order valence-corrected chi connectivity index (χ2v) is 11.7. The third-order valence-corrected chi connectivity index (χ3v) is 7.93. The Bertz CT molecular complexity index is 675. The summed E-state index contributed by atoms with van der Waals surface area (Å²) < 4.78 is 18.3. The van der Waals surface area contributed by atoms with Crippen LogP contribution in [0.3, 0.4) is 0 Å². The molecule has 0 radical (unpaired) electrons. The van der Waals surface area contributed by atoms with Crippen LogP contribution < -0.4 is 0 Å². The predicted octanol–water partition coefficient (Wildman–Crippen LogP) is 11.2. The van der Waals surface area contributed by atoms with Crippen LogP contribution in [0.25, 0.3) is 0 Å². The SMILES string of the molecule is CCCCCCCCCOCc1ccc(O)c(COCCCCCCCCC)c1COCCCCCCCCC. The van der Waals surface area contributed by atoms with Crippen LogP contribution in [-0.2, 0) is 34.0 Å². The Kier molecular flexibility index (Phi) is 25.9. The Morgan fingerprint density at radius 2 is 0.775 bits per heavy atom. The molecule has 1 aromatic carbocycles. The molecule has 0 heterocycles. The lowest BCUT2D eigenvalue weighted by Gasteiger charge is -2.17. The van der Waals surface area contributed by atoms with Crippen LogP contribution in [0.1, 0.15) is 172 Å². The fourth-order valence-corrected chi connectivity index (χ4v) is 5.22. The van der Waals surface area contributed by atoms with E-state index in [0.717, 1.165) is 55.8 Å². The minimum absolute atomic E-state index is 0.310. The highest BCUT2D eigenvalue weighted by atomic mass is 16.5. The van der Waals surface area contributed by atoms with Gasteiger partial charge in [-0.3, -0.25) is 0 Å². The molecule has 0 spiro atoms. The molecule has 4 nitrogen and oxygen atoms in total. The highest BCUT2D eigenvalue weighted by Gasteiger charge is 2.14. The van der Waals surface area contributed by atoms with Crippen molar-refractivity contribution in [3.05, 3.63) is 28.8 Å². The van der Waals surface area contributed by atoms with Crippen molar-refractivity contribution in [2.75, 3.05) is 19.8 Å². The van der Waals surface area contributed by atoms with Gasteiger partial charge < -0.3 is 19.3 Å². The van der Waals surface area contributed by atoms with Gasteiger partial charge in [-0.2, -0.15) is 0 Å². The first-order valence-electron chi connectivity index (χ1n) is 17.3. The molecule has 0 atom stereocenters. The van der Waals surface area contributed by atoms with E-state index < -0.39 is 0 Å². The molecule has 0 saturated heterocycles. The number of hydrogen-bond donors (Lipinski definition) is 1. The Labute approximate surface area is 249 Å². The first-order valence-corrected chi connectivity index (χ1v) is 17.3. The van der Waals surface area contributed by atoms with Crippen molar-refractivity contribution in [1.29, 1.82) is 0 Å². The molecular formula is C36H66O4.